The van der Waals surface area contributed by atoms with Gasteiger partial charge in [-0.05, 0) is 19.1 Å². The van der Waals surface area contributed by atoms with Gasteiger partial charge in [0.1, 0.15) is 0 Å². The zero-order chi connectivity index (χ0) is 19.7. The number of hydrogen-bond acceptors (Lipinski definition) is 2. The number of nitrogens with zero attached hydrogens (tertiary/aromatic N) is 1. The predicted octanol–water partition coefficient (Wildman–Crippen LogP) is 6.33. The van der Waals surface area contributed by atoms with Crippen LogP contribution >= 0.6 is 0 Å². The van der Waals surface area contributed by atoms with Crippen LogP contribution in [0.4, 0.5) is 0 Å². The second kappa shape index (κ2) is 37.0. The zero-order valence-electron chi connectivity index (χ0n) is 17.4. The van der Waals surface area contributed by atoms with E-state index in [1.165, 1.54) is 26.1 Å². The van der Waals surface area contributed by atoms with Crippen LogP contribution < -0.4 is 5.32 Å². The normalized spacial score (nSPS) is 8.09. The van der Waals surface area contributed by atoms with Crippen molar-refractivity contribution in [3.8, 4) is 0 Å². The number of rotatable bonds is 5. The van der Waals surface area contributed by atoms with Gasteiger partial charge in [-0.2, -0.15) is 0 Å². The molecule has 0 rings (SSSR count). The maximum absolute atomic E-state index is 10.7. The van der Waals surface area contributed by atoms with Gasteiger partial charge in [-0.3, -0.25) is 9.79 Å². The minimum atomic E-state index is -0.0480. The average Bonchev–Trinajstić information content (AvgIpc) is 2.55. The molecule has 0 aliphatic rings. The van der Waals surface area contributed by atoms with Crippen molar-refractivity contribution in [2.24, 2.45) is 4.99 Å². The Balaban J connectivity index is -0.0000000897. The summed E-state index contributed by atoms with van der Waals surface area (Å²) in [6.07, 6.45) is 7.30. The molecular weight excluding hydrogens is 284 g/mol. The first kappa shape index (κ1) is 33.1. The highest BCUT2D eigenvalue weighted by atomic mass is 16.1. The molecule has 0 amide bonds. The lowest BCUT2D eigenvalue weighted by atomic mass is 10.2. The van der Waals surface area contributed by atoms with E-state index in [1.54, 1.807) is 19.2 Å². The number of carbonyl (C=O) groups is 1. The van der Waals surface area contributed by atoms with Crippen LogP contribution in [0.2, 0.25) is 0 Å². The molecule has 1 N–H and O–H groups in total. The highest BCUT2D eigenvalue weighted by Crippen LogP contribution is 1.96. The van der Waals surface area contributed by atoms with Gasteiger partial charge in [0.2, 0.25) is 0 Å². The molecule has 3 nitrogen and oxygen atoms in total. The molecule has 0 fully saturated rings. The van der Waals surface area contributed by atoms with Crippen LogP contribution in [0.1, 0.15) is 75.2 Å². The molecule has 0 saturated carbocycles. The fourth-order valence-corrected chi connectivity index (χ4v) is 0.514. The van der Waals surface area contributed by atoms with Crippen LogP contribution in [-0.4, -0.2) is 19.2 Å². The Labute approximate surface area is 146 Å². The molecule has 0 radical (unpaired) electrons. The second-order valence-corrected chi connectivity index (χ2v) is 3.89. The summed E-state index contributed by atoms with van der Waals surface area (Å²) in [6.45, 7) is 25.2. The number of ketones is 1. The van der Waals surface area contributed by atoms with Crippen molar-refractivity contribution in [2.45, 2.75) is 75.2 Å². The second-order valence-electron chi connectivity index (χ2n) is 3.89. The first-order valence-electron chi connectivity index (χ1n) is 8.64. The van der Waals surface area contributed by atoms with Crippen LogP contribution in [0.15, 0.2) is 41.6 Å². The molecule has 0 aliphatic carbocycles. The highest BCUT2D eigenvalue weighted by molar-refractivity contribution is 5.95. The van der Waals surface area contributed by atoms with Crippen molar-refractivity contribution in [1.29, 1.82) is 0 Å². The molecule has 0 atom stereocenters. The van der Waals surface area contributed by atoms with Crippen molar-refractivity contribution in [2.75, 3.05) is 7.05 Å². The Hall–Kier alpha value is -1.64. The lowest BCUT2D eigenvalue weighted by molar-refractivity contribution is -0.113. The molecule has 138 valence electrons. The average molecular weight is 327 g/mol. The molecule has 0 bridgehead atoms. The molecular formula is C20H42N2O. The summed E-state index contributed by atoms with van der Waals surface area (Å²) in [5.74, 6) is -0.0480. The van der Waals surface area contributed by atoms with E-state index in [0.29, 0.717) is 11.3 Å². The first-order valence-corrected chi connectivity index (χ1v) is 8.64. The van der Waals surface area contributed by atoms with Crippen LogP contribution in [0.25, 0.3) is 0 Å². The van der Waals surface area contributed by atoms with Gasteiger partial charge < -0.3 is 5.32 Å². The molecule has 0 unspecified atom stereocenters. The van der Waals surface area contributed by atoms with Gasteiger partial charge in [-0.25, -0.2) is 0 Å². The van der Waals surface area contributed by atoms with Crippen LogP contribution in [-0.2, 0) is 4.79 Å². The smallest absolute Gasteiger partial charge is 0.159 e. The Kier molecular flexibility index (Phi) is 53.2. The maximum atomic E-state index is 10.7. The number of allylic oxidation sites excluding steroid dienone is 3. The van der Waals surface area contributed by atoms with Gasteiger partial charge >= 0.3 is 0 Å². The number of carbonyl (C=O) groups excluding carboxylic acids is 1. The molecule has 0 heterocycles. The van der Waals surface area contributed by atoms with Crippen LogP contribution in [0.5, 0.6) is 0 Å². The predicted molar refractivity (Wildman–Crippen MR) is 110 cm³/mol. The molecule has 0 aliphatic heterocycles. The Bertz CT molecular complexity index is 301. The van der Waals surface area contributed by atoms with Gasteiger partial charge in [0.05, 0.1) is 6.34 Å². The van der Waals surface area contributed by atoms with Crippen molar-refractivity contribution in [3.05, 3.63) is 36.6 Å². The minimum absolute atomic E-state index is 0.0480. The van der Waals surface area contributed by atoms with E-state index in [-0.39, 0.29) is 5.78 Å². The fourth-order valence-electron chi connectivity index (χ4n) is 0.514. The van der Waals surface area contributed by atoms with E-state index >= 15 is 0 Å². The van der Waals surface area contributed by atoms with E-state index in [2.05, 4.69) is 51.2 Å². The molecule has 0 aromatic carbocycles. The number of nitrogens with one attached hydrogen (secondary N) is 1. The van der Waals surface area contributed by atoms with Gasteiger partial charge in [0, 0.05) is 18.3 Å². The summed E-state index contributed by atoms with van der Waals surface area (Å²) in [7, 11) is 1.65. The number of hydrogen-bond donors (Lipinski definition) is 1. The number of aliphatic imine (C=N–C) groups is 1. The third-order valence-corrected chi connectivity index (χ3v) is 1.32. The molecule has 0 saturated heterocycles. The van der Waals surface area contributed by atoms with Crippen molar-refractivity contribution >= 4 is 12.1 Å². The summed E-state index contributed by atoms with van der Waals surface area (Å²) >= 11 is 0. The van der Waals surface area contributed by atoms with Gasteiger partial charge in [-0.1, -0.05) is 81.4 Å². The Morgan fingerprint density at radius 2 is 1.30 bits per heavy atom. The van der Waals surface area contributed by atoms with E-state index in [1.807, 2.05) is 27.7 Å². The Morgan fingerprint density at radius 1 is 0.957 bits per heavy atom. The summed E-state index contributed by atoms with van der Waals surface area (Å²) < 4.78 is 0. The SMILES string of the molecule is C=C(/C=C\C(=C)C(C)=O)NC=NC.CC.CC.CCC.CCC. The molecule has 0 spiro atoms. The first-order chi connectivity index (χ1) is 10.9. The third kappa shape index (κ3) is 53.2. The molecule has 23 heavy (non-hydrogen) atoms. The van der Waals surface area contributed by atoms with Crippen molar-refractivity contribution in [1.82, 2.24) is 5.32 Å². The van der Waals surface area contributed by atoms with Crippen LogP contribution in [0.3, 0.4) is 0 Å². The fraction of sp³-hybridized carbons (Fsp3) is 0.600. The maximum Gasteiger partial charge on any atom is 0.159 e. The standard InChI is InChI=1S/C10H14N2O.2C3H8.2C2H6/c1-8(10(3)13)5-6-9(2)12-7-11-4;2*1-3-2;2*1-2/h5-7H,1-2H2,3-4H3,(H,11,12);2*3H2,1-2H3;2*1-2H3/b6-5-;;;;. The minimum Gasteiger partial charge on any atom is -0.347 e. The molecule has 0 aromatic heterocycles. The third-order valence-electron chi connectivity index (χ3n) is 1.32. The summed E-state index contributed by atoms with van der Waals surface area (Å²) in [4.78, 5) is 14.5. The molecule has 0 aromatic rings. The summed E-state index contributed by atoms with van der Waals surface area (Å²) in [5.41, 5.74) is 1.12. The van der Waals surface area contributed by atoms with E-state index in [0.717, 1.165) is 0 Å². The zero-order valence-corrected chi connectivity index (χ0v) is 17.4. The van der Waals surface area contributed by atoms with Gasteiger partial charge in [-0.15, -0.1) is 0 Å². The van der Waals surface area contributed by atoms with Gasteiger partial charge in [0.25, 0.3) is 0 Å². The van der Waals surface area contributed by atoms with Crippen molar-refractivity contribution < 1.29 is 4.79 Å². The van der Waals surface area contributed by atoms with E-state index < -0.39 is 0 Å². The van der Waals surface area contributed by atoms with Crippen LogP contribution in [0, 0.1) is 0 Å². The van der Waals surface area contributed by atoms with Crippen molar-refractivity contribution in [3.63, 3.8) is 0 Å². The topological polar surface area (TPSA) is 41.5 Å². The van der Waals surface area contributed by atoms with Gasteiger partial charge in [0.15, 0.2) is 5.78 Å². The molecule has 3 heteroatoms. The largest absolute Gasteiger partial charge is 0.347 e. The monoisotopic (exact) mass is 326 g/mol. The summed E-state index contributed by atoms with van der Waals surface area (Å²) in [5, 5.41) is 2.80. The lowest BCUT2D eigenvalue weighted by Gasteiger charge is -1.97. The number of Topliss-reactive ketones (excluding diaryl/α,β-unsaturated/α-hetero) is 1. The quantitative estimate of drug-likeness (QED) is 0.277. The Morgan fingerprint density at radius 3 is 1.57 bits per heavy atom. The highest BCUT2D eigenvalue weighted by Gasteiger charge is 1.93. The van der Waals surface area contributed by atoms with E-state index in [9.17, 15) is 4.79 Å². The lowest BCUT2D eigenvalue weighted by Crippen LogP contribution is -2.07. The summed E-state index contributed by atoms with van der Waals surface area (Å²) in [6, 6.07) is 0. The van der Waals surface area contributed by atoms with E-state index in [4.69, 9.17) is 0 Å².